The molecule has 0 aliphatic carbocycles. The Balaban J connectivity index is 2.89. The third kappa shape index (κ3) is 7.34. The van der Waals surface area contributed by atoms with Gasteiger partial charge in [0.15, 0.2) is 11.7 Å². The molecule has 0 spiro atoms. The second kappa shape index (κ2) is 11.2. The van der Waals surface area contributed by atoms with Crippen molar-refractivity contribution >= 4 is 17.5 Å². The Kier molecular flexibility index (Phi) is 9.24. The van der Waals surface area contributed by atoms with Gasteiger partial charge in [-0.1, -0.05) is 27.0 Å². The molecule has 0 bridgehead atoms. The first-order chi connectivity index (χ1) is 12.0. The Morgan fingerprint density at radius 2 is 2.12 bits per heavy atom. The molecule has 0 aromatic carbocycles. The fraction of sp³-hybridized carbons (Fsp3) is 0.500. The maximum atomic E-state index is 4.56. The standard InChI is InChI=1S/C18H31N7/c1-7-11-25(12-10-19-6)15(5)20-16(8-2)21-17(9-3)22-18-13-14(4)23-24-18/h8,13,19H,2,5,7,9-12H2,1,3-4,6H3,(H2,20,21,22,23,24). The molecule has 0 saturated heterocycles. The monoisotopic (exact) mass is 345 g/mol. The van der Waals surface area contributed by atoms with Gasteiger partial charge in [0.05, 0.1) is 0 Å². The predicted octanol–water partition coefficient (Wildman–Crippen LogP) is 2.93. The lowest BCUT2D eigenvalue weighted by Gasteiger charge is -2.23. The van der Waals surface area contributed by atoms with Crippen LogP contribution in [0.4, 0.5) is 5.82 Å². The van der Waals surface area contributed by atoms with Crippen LogP contribution in [0.1, 0.15) is 32.4 Å². The van der Waals surface area contributed by atoms with Crippen LogP contribution < -0.4 is 10.6 Å². The highest BCUT2D eigenvalue weighted by atomic mass is 15.2. The van der Waals surface area contributed by atoms with Crippen LogP contribution in [0, 0.1) is 6.92 Å². The van der Waals surface area contributed by atoms with E-state index in [1.165, 1.54) is 0 Å². The first-order valence-electron chi connectivity index (χ1n) is 8.70. The van der Waals surface area contributed by atoms with Gasteiger partial charge < -0.3 is 15.5 Å². The van der Waals surface area contributed by atoms with Crippen LogP contribution in [-0.2, 0) is 0 Å². The number of rotatable bonds is 10. The molecule has 7 nitrogen and oxygen atoms in total. The fourth-order valence-electron chi connectivity index (χ4n) is 2.17. The van der Waals surface area contributed by atoms with Crippen molar-refractivity contribution in [1.82, 2.24) is 20.4 Å². The number of aromatic nitrogens is 2. The van der Waals surface area contributed by atoms with E-state index in [-0.39, 0.29) is 0 Å². The van der Waals surface area contributed by atoms with E-state index >= 15 is 0 Å². The van der Waals surface area contributed by atoms with Crippen molar-refractivity contribution in [3.8, 4) is 0 Å². The van der Waals surface area contributed by atoms with Gasteiger partial charge in [0.1, 0.15) is 11.7 Å². The van der Waals surface area contributed by atoms with Crippen molar-refractivity contribution in [2.24, 2.45) is 9.98 Å². The number of aryl methyl sites for hydroxylation is 1. The summed E-state index contributed by atoms with van der Waals surface area (Å²) in [6, 6.07) is 1.93. The highest BCUT2D eigenvalue weighted by molar-refractivity contribution is 6.07. The molecular formula is C18H31N7. The summed E-state index contributed by atoms with van der Waals surface area (Å²) >= 11 is 0. The quantitative estimate of drug-likeness (QED) is 0.450. The molecule has 25 heavy (non-hydrogen) atoms. The maximum absolute atomic E-state index is 4.56. The van der Waals surface area contributed by atoms with Crippen molar-refractivity contribution in [2.45, 2.75) is 33.6 Å². The molecule has 0 saturated carbocycles. The molecule has 0 fully saturated rings. The predicted molar refractivity (Wildman–Crippen MR) is 107 cm³/mol. The molecule has 0 radical (unpaired) electrons. The minimum absolute atomic E-state index is 0.534. The van der Waals surface area contributed by atoms with Gasteiger partial charge in [-0.15, -0.1) is 0 Å². The molecule has 7 heteroatoms. The van der Waals surface area contributed by atoms with E-state index in [0.29, 0.717) is 11.7 Å². The normalized spacial score (nSPS) is 12.2. The van der Waals surface area contributed by atoms with Crippen molar-refractivity contribution in [3.05, 3.63) is 36.8 Å². The number of aliphatic imine (C=N–C) groups is 2. The molecule has 0 unspecified atom stereocenters. The van der Waals surface area contributed by atoms with E-state index in [1.807, 2.05) is 27.0 Å². The Bertz CT molecular complexity index is 613. The van der Waals surface area contributed by atoms with Gasteiger partial charge in [-0.3, -0.25) is 5.10 Å². The van der Waals surface area contributed by atoms with Gasteiger partial charge in [0, 0.05) is 37.8 Å². The molecule has 138 valence electrons. The minimum Gasteiger partial charge on any atom is -0.356 e. The summed E-state index contributed by atoms with van der Waals surface area (Å²) in [4.78, 5) is 11.3. The second-order valence-electron chi connectivity index (χ2n) is 5.65. The number of likely N-dealkylation sites (N-methyl/N-ethyl adjacent to an activating group) is 1. The van der Waals surface area contributed by atoms with Crippen LogP contribution in [0.2, 0.25) is 0 Å². The van der Waals surface area contributed by atoms with E-state index in [2.05, 4.69) is 55.8 Å². The average molecular weight is 345 g/mol. The Morgan fingerprint density at radius 1 is 1.36 bits per heavy atom. The van der Waals surface area contributed by atoms with Crippen LogP contribution >= 0.6 is 0 Å². The van der Waals surface area contributed by atoms with Crippen molar-refractivity contribution in [2.75, 3.05) is 32.0 Å². The summed E-state index contributed by atoms with van der Waals surface area (Å²) in [5, 5.41) is 13.4. The van der Waals surface area contributed by atoms with Gasteiger partial charge in [0.2, 0.25) is 0 Å². The van der Waals surface area contributed by atoms with E-state index < -0.39 is 0 Å². The summed E-state index contributed by atoms with van der Waals surface area (Å²) in [7, 11) is 1.94. The number of nitrogens with zero attached hydrogens (tertiary/aromatic N) is 4. The van der Waals surface area contributed by atoms with Crippen LogP contribution in [0.15, 0.2) is 41.1 Å². The lowest BCUT2D eigenvalue weighted by Crippen LogP contribution is -2.30. The third-order valence-electron chi connectivity index (χ3n) is 3.48. The number of anilines is 1. The second-order valence-corrected chi connectivity index (χ2v) is 5.65. The summed E-state index contributed by atoms with van der Waals surface area (Å²) in [5.41, 5.74) is 0.990. The molecular weight excluding hydrogens is 314 g/mol. The van der Waals surface area contributed by atoms with Gasteiger partial charge >= 0.3 is 0 Å². The highest BCUT2D eigenvalue weighted by Crippen LogP contribution is 2.08. The lowest BCUT2D eigenvalue weighted by molar-refractivity contribution is 0.343. The van der Waals surface area contributed by atoms with Crippen LogP contribution in [0.3, 0.4) is 0 Å². The molecule has 0 aliphatic heterocycles. The van der Waals surface area contributed by atoms with Crippen molar-refractivity contribution < 1.29 is 0 Å². The average Bonchev–Trinajstić information content (AvgIpc) is 3.01. The van der Waals surface area contributed by atoms with E-state index in [1.54, 1.807) is 6.08 Å². The first kappa shape index (κ1) is 20.6. The summed E-state index contributed by atoms with van der Waals surface area (Å²) in [5.74, 6) is 2.74. The minimum atomic E-state index is 0.534. The molecule has 1 aromatic heterocycles. The summed E-state index contributed by atoms with van der Waals surface area (Å²) in [6.45, 7) is 16.7. The Labute approximate surface area is 151 Å². The van der Waals surface area contributed by atoms with Gasteiger partial charge in [-0.05, 0) is 26.5 Å². The maximum Gasteiger partial charge on any atom is 0.155 e. The highest BCUT2D eigenvalue weighted by Gasteiger charge is 2.07. The number of amidine groups is 2. The third-order valence-corrected chi connectivity index (χ3v) is 3.48. The smallest absolute Gasteiger partial charge is 0.155 e. The van der Waals surface area contributed by atoms with Crippen LogP contribution in [0.25, 0.3) is 0 Å². The topological polar surface area (TPSA) is 80.7 Å². The number of aromatic amines is 1. The van der Waals surface area contributed by atoms with E-state index in [0.717, 1.165) is 49.8 Å². The van der Waals surface area contributed by atoms with Crippen LogP contribution in [0.5, 0.6) is 0 Å². The number of hydrogen-bond acceptors (Lipinski definition) is 4. The summed E-state index contributed by atoms with van der Waals surface area (Å²) < 4.78 is 0. The zero-order chi connectivity index (χ0) is 18.7. The summed E-state index contributed by atoms with van der Waals surface area (Å²) in [6.07, 6.45) is 3.40. The molecule has 3 N–H and O–H groups in total. The first-order valence-corrected chi connectivity index (χ1v) is 8.70. The van der Waals surface area contributed by atoms with Gasteiger partial charge in [-0.2, -0.15) is 5.10 Å². The van der Waals surface area contributed by atoms with Gasteiger partial charge in [0.25, 0.3) is 0 Å². The fourth-order valence-corrected chi connectivity index (χ4v) is 2.17. The Morgan fingerprint density at radius 3 is 2.64 bits per heavy atom. The number of hydrogen-bond donors (Lipinski definition) is 3. The lowest BCUT2D eigenvalue weighted by atomic mass is 10.4. The molecule has 0 atom stereocenters. The SMILES string of the molecule is C=C/C(N=C(CC)Nc1cc(C)[nH]n1)=N/C(=C)N(CCC)CCNC. The number of nitrogens with one attached hydrogen (secondary N) is 3. The van der Waals surface area contributed by atoms with E-state index in [4.69, 9.17) is 0 Å². The van der Waals surface area contributed by atoms with Crippen molar-refractivity contribution in [3.63, 3.8) is 0 Å². The molecule has 1 rings (SSSR count). The zero-order valence-electron chi connectivity index (χ0n) is 15.9. The van der Waals surface area contributed by atoms with Crippen molar-refractivity contribution in [1.29, 1.82) is 0 Å². The van der Waals surface area contributed by atoms with Crippen LogP contribution in [-0.4, -0.2) is 53.5 Å². The molecule has 1 aromatic rings. The number of H-pyrrole nitrogens is 1. The molecule has 1 heterocycles. The zero-order valence-corrected chi connectivity index (χ0v) is 15.9. The van der Waals surface area contributed by atoms with E-state index in [9.17, 15) is 0 Å². The Hall–Kier alpha value is -2.41. The van der Waals surface area contributed by atoms with Gasteiger partial charge in [-0.25, -0.2) is 9.98 Å². The largest absolute Gasteiger partial charge is 0.356 e. The molecule has 0 aliphatic rings. The molecule has 0 amide bonds.